The number of nitrogens with zero attached hydrogens (tertiary/aromatic N) is 1. The molecule has 0 aliphatic heterocycles. The molecule has 2 aromatic rings. The monoisotopic (exact) mass is 355 g/mol. The van der Waals surface area contributed by atoms with Crippen LogP contribution < -0.4 is 10.6 Å². The van der Waals surface area contributed by atoms with Crippen molar-refractivity contribution in [1.29, 1.82) is 0 Å². The first-order chi connectivity index (χ1) is 12.1. The first kappa shape index (κ1) is 17.2. The average molecular weight is 356 g/mol. The molecule has 1 aromatic heterocycles. The maximum atomic E-state index is 12.7. The zero-order chi connectivity index (χ0) is 17.6. The number of pyridine rings is 1. The van der Waals surface area contributed by atoms with Crippen LogP contribution in [0.4, 0.5) is 11.4 Å². The molecule has 0 bridgehead atoms. The Morgan fingerprint density at radius 3 is 2.16 bits per heavy atom. The molecule has 0 radical (unpaired) electrons. The molecule has 1 aliphatic rings. The number of amides is 2. The van der Waals surface area contributed by atoms with Gasteiger partial charge >= 0.3 is 0 Å². The standard InChI is InChI=1S/C19H18ClN3O2/c20-16-7-3-4-8-17(16)23-19(25)15-6-2-1-5-14(15)18(24)22-13-9-11-21-12-10-13/h1-4,7-12,14-15H,5-6H2,(H,23,25)(H,21,22,24). The summed E-state index contributed by atoms with van der Waals surface area (Å²) in [7, 11) is 0. The molecule has 3 rings (SSSR count). The largest absolute Gasteiger partial charge is 0.326 e. The van der Waals surface area contributed by atoms with Gasteiger partial charge in [0.1, 0.15) is 0 Å². The molecule has 2 atom stereocenters. The maximum Gasteiger partial charge on any atom is 0.228 e. The normalized spacial score (nSPS) is 19.2. The van der Waals surface area contributed by atoms with E-state index in [-0.39, 0.29) is 11.8 Å². The van der Waals surface area contributed by atoms with Gasteiger partial charge in [-0.15, -0.1) is 0 Å². The zero-order valence-corrected chi connectivity index (χ0v) is 14.2. The van der Waals surface area contributed by atoms with E-state index in [0.717, 1.165) is 0 Å². The van der Waals surface area contributed by atoms with Crippen LogP contribution in [0.5, 0.6) is 0 Å². The van der Waals surface area contributed by atoms with E-state index in [2.05, 4.69) is 15.6 Å². The number of allylic oxidation sites excluding steroid dienone is 2. The van der Waals surface area contributed by atoms with Gasteiger partial charge in [-0.3, -0.25) is 14.6 Å². The lowest BCUT2D eigenvalue weighted by atomic mass is 9.81. The molecule has 25 heavy (non-hydrogen) atoms. The number of rotatable bonds is 4. The number of nitrogens with one attached hydrogen (secondary N) is 2. The third kappa shape index (κ3) is 4.25. The molecular formula is C19H18ClN3O2. The van der Waals surface area contributed by atoms with E-state index in [1.807, 2.05) is 12.2 Å². The molecule has 6 heteroatoms. The van der Waals surface area contributed by atoms with Crippen LogP contribution in [-0.2, 0) is 9.59 Å². The quantitative estimate of drug-likeness (QED) is 0.817. The Morgan fingerprint density at radius 2 is 1.52 bits per heavy atom. The Labute approximate surface area is 151 Å². The van der Waals surface area contributed by atoms with Gasteiger partial charge in [0.2, 0.25) is 11.8 Å². The van der Waals surface area contributed by atoms with Crippen LogP contribution in [0.3, 0.4) is 0 Å². The van der Waals surface area contributed by atoms with Gasteiger partial charge in [-0.2, -0.15) is 0 Å². The number of halogens is 1. The Hall–Kier alpha value is -2.66. The second-order valence-corrected chi connectivity index (χ2v) is 6.26. The number of anilines is 2. The van der Waals surface area contributed by atoms with Crippen molar-refractivity contribution in [2.45, 2.75) is 12.8 Å². The number of hydrogen-bond acceptors (Lipinski definition) is 3. The maximum absolute atomic E-state index is 12.7. The first-order valence-electron chi connectivity index (χ1n) is 8.06. The number of hydrogen-bond donors (Lipinski definition) is 2. The molecule has 2 N–H and O–H groups in total. The predicted octanol–water partition coefficient (Wildman–Crippen LogP) is 3.89. The number of aromatic nitrogens is 1. The molecule has 0 fully saturated rings. The van der Waals surface area contributed by atoms with Crippen molar-refractivity contribution in [3.8, 4) is 0 Å². The fourth-order valence-electron chi connectivity index (χ4n) is 2.85. The summed E-state index contributed by atoms with van der Waals surface area (Å²) < 4.78 is 0. The zero-order valence-electron chi connectivity index (χ0n) is 13.5. The second kappa shape index (κ2) is 7.94. The summed E-state index contributed by atoms with van der Waals surface area (Å²) >= 11 is 6.10. The minimum atomic E-state index is -0.442. The van der Waals surface area contributed by atoms with Crippen LogP contribution in [0.1, 0.15) is 12.8 Å². The third-order valence-corrected chi connectivity index (χ3v) is 4.52. The number of carbonyl (C=O) groups excluding carboxylic acids is 2. The highest BCUT2D eigenvalue weighted by molar-refractivity contribution is 6.33. The molecule has 1 heterocycles. The Kier molecular flexibility index (Phi) is 5.46. The summed E-state index contributed by atoms with van der Waals surface area (Å²) in [5.74, 6) is -1.24. The molecule has 2 unspecified atom stereocenters. The lowest BCUT2D eigenvalue weighted by molar-refractivity contribution is -0.129. The van der Waals surface area contributed by atoms with Gasteiger partial charge < -0.3 is 10.6 Å². The smallest absolute Gasteiger partial charge is 0.228 e. The highest BCUT2D eigenvalue weighted by Crippen LogP contribution is 2.29. The molecule has 0 saturated carbocycles. The van der Waals surface area contributed by atoms with Crippen molar-refractivity contribution in [1.82, 2.24) is 4.98 Å². The molecule has 128 valence electrons. The van der Waals surface area contributed by atoms with Gasteiger partial charge in [0.05, 0.1) is 22.5 Å². The van der Waals surface area contributed by atoms with E-state index in [1.165, 1.54) is 0 Å². The fourth-order valence-corrected chi connectivity index (χ4v) is 3.03. The Balaban J connectivity index is 1.72. The summed E-state index contributed by atoms with van der Waals surface area (Å²) in [4.78, 5) is 29.2. The van der Waals surface area contributed by atoms with Crippen molar-refractivity contribution in [2.75, 3.05) is 10.6 Å². The van der Waals surface area contributed by atoms with Crippen LogP contribution in [0, 0.1) is 11.8 Å². The SMILES string of the molecule is O=C(Nc1ccncc1)C1CC=CCC1C(=O)Nc1ccccc1Cl. The van der Waals surface area contributed by atoms with Gasteiger partial charge in [-0.05, 0) is 37.1 Å². The summed E-state index contributed by atoms with van der Waals surface area (Å²) in [6.07, 6.45) is 8.14. The average Bonchev–Trinajstić information content (AvgIpc) is 2.64. The second-order valence-electron chi connectivity index (χ2n) is 5.85. The van der Waals surface area contributed by atoms with Crippen molar-refractivity contribution < 1.29 is 9.59 Å². The first-order valence-corrected chi connectivity index (χ1v) is 8.44. The van der Waals surface area contributed by atoms with Gasteiger partial charge in [0.25, 0.3) is 0 Å². The summed E-state index contributed by atoms with van der Waals surface area (Å²) in [6, 6.07) is 10.5. The number of benzene rings is 1. The summed E-state index contributed by atoms with van der Waals surface area (Å²) in [6.45, 7) is 0. The van der Waals surface area contributed by atoms with Crippen molar-refractivity contribution in [3.63, 3.8) is 0 Å². The van der Waals surface area contributed by atoms with Gasteiger partial charge in [-0.1, -0.05) is 35.9 Å². The number of para-hydroxylation sites is 1. The third-order valence-electron chi connectivity index (χ3n) is 4.19. The molecule has 1 aliphatic carbocycles. The minimum Gasteiger partial charge on any atom is -0.326 e. The molecule has 1 aromatic carbocycles. The van der Waals surface area contributed by atoms with Crippen molar-refractivity contribution in [3.05, 3.63) is 66.0 Å². The minimum absolute atomic E-state index is 0.171. The van der Waals surface area contributed by atoms with Gasteiger partial charge in [0.15, 0.2) is 0 Å². The van der Waals surface area contributed by atoms with Crippen molar-refractivity contribution >= 4 is 34.8 Å². The molecule has 2 amide bonds. The van der Waals surface area contributed by atoms with Crippen LogP contribution in [0.25, 0.3) is 0 Å². The van der Waals surface area contributed by atoms with Crippen molar-refractivity contribution in [2.24, 2.45) is 11.8 Å². The van der Waals surface area contributed by atoms with E-state index in [1.54, 1.807) is 48.8 Å². The molecule has 0 saturated heterocycles. The van der Waals surface area contributed by atoms with Crippen LogP contribution in [0.15, 0.2) is 60.9 Å². The van der Waals surface area contributed by atoms with E-state index < -0.39 is 11.8 Å². The van der Waals surface area contributed by atoms with Crippen LogP contribution in [-0.4, -0.2) is 16.8 Å². The lowest BCUT2D eigenvalue weighted by Gasteiger charge is -2.26. The van der Waals surface area contributed by atoms with E-state index in [0.29, 0.717) is 29.2 Å². The summed E-state index contributed by atoms with van der Waals surface area (Å²) in [5, 5.41) is 6.16. The molecule has 5 nitrogen and oxygen atoms in total. The topological polar surface area (TPSA) is 71.1 Å². The summed E-state index contributed by atoms with van der Waals surface area (Å²) in [5.41, 5.74) is 1.22. The fraction of sp³-hybridized carbons (Fsp3) is 0.211. The lowest BCUT2D eigenvalue weighted by Crippen LogP contribution is -2.37. The Bertz CT molecular complexity index is 792. The predicted molar refractivity (Wildman–Crippen MR) is 98.3 cm³/mol. The van der Waals surface area contributed by atoms with Gasteiger partial charge in [-0.25, -0.2) is 0 Å². The van der Waals surface area contributed by atoms with E-state index >= 15 is 0 Å². The van der Waals surface area contributed by atoms with Gasteiger partial charge in [0, 0.05) is 18.1 Å². The van der Waals surface area contributed by atoms with Crippen LogP contribution in [0.2, 0.25) is 5.02 Å². The van der Waals surface area contributed by atoms with E-state index in [4.69, 9.17) is 11.6 Å². The number of carbonyl (C=O) groups is 2. The van der Waals surface area contributed by atoms with E-state index in [9.17, 15) is 9.59 Å². The molecule has 0 spiro atoms. The van der Waals surface area contributed by atoms with Crippen LogP contribution >= 0.6 is 11.6 Å². The molecular weight excluding hydrogens is 338 g/mol. The highest BCUT2D eigenvalue weighted by Gasteiger charge is 2.34. The highest BCUT2D eigenvalue weighted by atomic mass is 35.5. The Morgan fingerprint density at radius 1 is 0.920 bits per heavy atom.